The van der Waals surface area contributed by atoms with Crippen LogP contribution in [0.3, 0.4) is 0 Å². The van der Waals surface area contributed by atoms with Crippen LogP contribution in [0.2, 0.25) is 0 Å². The minimum Gasteiger partial charge on any atom is -0.302 e. The maximum absolute atomic E-state index is 13.1. The van der Waals surface area contributed by atoms with Crippen LogP contribution in [0, 0.1) is 13.8 Å². The number of thioether (sulfide) groups is 1. The summed E-state index contributed by atoms with van der Waals surface area (Å²) < 4.78 is 1.60. The number of fused-ring (bicyclic) bond motifs is 1. The summed E-state index contributed by atoms with van der Waals surface area (Å²) in [6, 6.07) is 6.26. The van der Waals surface area contributed by atoms with Crippen LogP contribution >= 0.6 is 34.4 Å². The number of carbonyl (C=O) groups is 1. The van der Waals surface area contributed by atoms with Crippen LogP contribution in [-0.4, -0.2) is 20.4 Å². The predicted molar refractivity (Wildman–Crippen MR) is 126 cm³/mol. The molecular weight excluding hydrogens is 436 g/mol. The lowest BCUT2D eigenvalue weighted by molar-refractivity contribution is -0.114. The van der Waals surface area contributed by atoms with Gasteiger partial charge in [0.05, 0.1) is 11.1 Å². The van der Waals surface area contributed by atoms with E-state index in [-0.39, 0.29) is 11.5 Å². The fourth-order valence-electron chi connectivity index (χ4n) is 3.02. The van der Waals surface area contributed by atoms with Crippen molar-refractivity contribution in [3.8, 4) is 11.1 Å². The Morgan fingerprint density at radius 1 is 1.17 bits per heavy atom. The minimum absolute atomic E-state index is 0.0470. The van der Waals surface area contributed by atoms with Crippen LogP contribution in [0.5, 0.6) is 0 Å². The first kappa shape index (κ1) is 20.8. The van der Waals surface area contributed by atoms with E-state index in [1.807, 2.05) is 10.8 Å². The third-order valence-electron chi connectivity index (χ3n) is 4.78. The van der Waals surface area contributed by atoms with Gasteiger partial charge in [0.1, 0.15) is 4.83 Å². The summed E-state index contributed by atoms with van der Waals surface area (Å²) in [6.45, 7) is 5.61. The Kier molecular flexibility index (Phi) is 5.77. The monoisotopic (exact) mass is 456 g/mol. The first-order valence-corrected chi connectivity index (χ1v) is 12.0. The Hall–Kier alpha value is -2.49. The van der Waals surface area contributed by atoms with E-state index in [9.17, 15) is 9.59 Å². The Balaban J connectivity index is 1.64. The molecule has 0 aliphatic rings. The topological polar surface area (TPSA) is 76.9 Å². The molecule has 0 aliphatic heterocycles. The lowest BCUT2D eigenvalue weighted by atomic mass is 10.0. The van der Waals surface area contributed by atoms with E-state index < -0.39 is 0 Å². The molecule has 4 aromatic rings. The average molecular weight is 457 g/mol. The lowest BCUT2D eigenvalue weighted by Crippen LogP contribution is -2.19. The summed E-state index contributed by atoms with van der Waals surface area (Å²) in [4.78, 5) is 34.2. The van der Waals surface area contributed by atoms with E-state index in [0.717, 1.165) is 21.7 Å². The Labute approximate surface area is 186 Å². The van der Waals surface area contributed by atoms with E-state index in [2.05, 4.69) is 42.3 Å². The lowest BCUT2D eigenvalue weighted by Gasteiger charge is -2.08. The smallest absolute Gasteiger partial charge is 0.263 e. The van der Waals surface area contributed by atoms with E-state index in [0.29, 0.717) is 21.4 Å². The van der Waals surface area contributed by atoms with Crippen molar-refractivity contribution in [3.05, 3.63) is 56.1 Å². The molecule has 0 fully saturated rings. The summed E-state index contributed by atoms with van der Waals surface area (Å²) in [5.74, 6) is 0.424. The maximum atomic E-state index is 13.1. The molecular formula is C21H20N4O2S3. The Morgan fingerprint density at radius 2 is 1.97 bits per heavy atom. The number of anilines is 1. The maximum Gasteiger partial charge on any atom is 0.263 e. The van der Waals surface area contributed by atoms with Crippen LogP contribution < -0.4 is 10.9 Å². The largest absolute Gasteiger partial charge is 0.302 e. The molecule has 9 heteroatoms. The molecule has 0 spiro atoms. The molecule has 3 aromatic heterocycles. The van der Waals surface area contributed by atoms with Crippen molar-refractivity contribution in [1.82, 2.24) is 14.5 Å². The number of rotatable bonds is 5. The number of aromatic nitrogens is 3. The van der Waals surface area contributed by atoms with Crippen molar-refractivity contribution in [2.24, 2.45) is 7.05 Å². The second-order valence-electron chi connectivity index (χ2n) is 7.00. The van der Waals surface area contributed by atoms with Gasteiger partial charge >= 0.3 is 0 Å². The number of thiazole rings is 1. The van der Waals surface area contributed by atoms with Crippen molar-refractivity contribution >= 4 is 55.7 Å². The van der Waals surface area contributed by atoms with Gasteiger partial charge in [0.15, 0.2) is 10.3 Å². The molecule has 0 saturated carbocycles. The molecule has 154 valence electrons. The van der Waals surface area contributed by atoms with Crippen molar-refractivity contribution in [2.45, 2.75) is 31.7 Å². The van der Waals surface area contributed by atoms with Gasteiger partial charge in [-0.2, -0.15) is 0 Å². The van der Waals surface area contributed by atoms with Gasteiger partial charge in [-0.05, 0) is 30.5 Å². The molecule has 30 heavy (non-hydrogen) atoms. The molecule has 3 heterocycles. The first-order chi connectivity index (χ1) is 14.3. The number of thiophene rings is 1. The van der Waals surface area contributed by atoms with Crippen LogP contribution in [0.25, 0.3) is 21.3 Å². The molecule has 1 amide bonds. The highest BCUT2D eigenvalue weighted by Crippen LogP contribution is 2.33. The molecule has 4 rings (SSSR count). The summed E-state index contributed by atoms with van der Waals surface area (Å²) in [7, 11) is 1.75. The SMILES string of the molecule is CC(=O)Nc1nc(CSc2nc3scc(-c4ccc(C)c(C)c4)c3c(=O)n2C)cs1. The minimum atomic E-state index is -0.143. The second kappa shape index (κ2) is 8.33. The zero-order valence-corrected chi connectivity index (χ0v) is 19.4. The number of nitrogens with zero attached hydrogens (tertiary/aromatic N) is 3. The molecule has 1 aromatic carbocycles. The summed E-state index contributed by atoms with van der Waals surface area (Å²) in [5, 5.41) is 8.48. The van der Waals surface area contributed by atoms with Crippen molar-refractivity contribution in [1.29, 1.82) is 0 Å². The zero-order valence-electron chi connectivity index (χ0n) is 17.0. The van der Waals surface area contributed by atoms with Gasteiger partial charge in [-0.1, -0.05) is 30.0 Å². The predicted octanol–water partition coefficient (Wildman–Crippen LogP) is 4.99. The fourth-order valence-corrected chi connectivity index (χ4v) is 5.74. The first-order valence-electron chi connectivity index (χ1n) is 9.24. The fraction of sp³-hybridized carbons (Fsp3) is 0.238. The van der Waals surface area contributed by atoms with Gasteiger partial charge < -0.3 is 5.32 Å². The molecule has 0 atom stereocenters. The molecule has 0 bridgehead atoms. The Morgan fingerprint density at radius 3 is 2.70 bits per heavy atom. The van der Waals surface area contributed by atoms with E-state index in [1.54, 1.807) is 11.6 Å². The molecule has 0 aliphatic carbocycles. The number of hydrogen-bond acceptors (Lipinski definition) is 7. The Bertz CT molecular complexity index is 1320. The van der Waals surface area contributed by atoms with Gasteiger partial charge in [-0.3, -0.25) is 14.2 Å². The highest BCUT2D eigenvalue weighted by molar-refractivity contribution is 7.98. The molecule has 0 unspecified atom stereocenters. The third kappa shape index (κ3) is 4.05. The van der Waals surface area contributed by atoms with E-state index in [1.165, 1.54) is 52.5 Å². The number of aryl methyl sites for hydroxylation is 2. The van der Waals surface area contributed by atoms with E-state index >= 15 is 0 Å². The van der Waals surface area contributed by atoms with Crippen molar-refractivity contribution < 1.29 is 4.79 Å². The number of nitrogens with one attached hydrogen (secondary N) is 1. The number of benzene rings is 1. The summed E-state index contributed by atoms with van der Waals surface area (Å²) in [6.07, 6.45) is 0. The highest BCUT2D eigenvalue weighted by atomic mass is 32.2. The molecule has 6 nitrogen and oxygen atoms in total. The standard InChI is InChI=1S/C21H20N4O2S3/c1-11-5-6-14(7-12(11)2)16-10-28-18-17(16)19(27)25(4)21(24-18)30-9-15-8-29-20(23-15)22-13(3)26/h5-8,10H,9H2,1-4H3,(H,22,23,26). The summed E-state index contributed by atoms with van der Waals surface area (Å²) in [5.41, 5.74) is 5.19. The van der Waals surface area contributed by atoms with E-state index in [4.69, 9.17) is 4.98 Å². The van der Waals surface area contributed by atoms with Crippen molar-refractivity contribution in [3.63, 3.8) is 0 Å². The quantitative estimate of drug-likeness (QED) is 0.338. The molecule has 1 N–H and O–H groups in total. The molecule has 0 radical (unpaired) electrons. The zero-order chi connectivity index (χ0) is 21.4. The van der Waals surface area contributed by atoms with Gasteiger partial charge in [0.25, 0.3) is 5.56 Å². The third-order valence-corrected chi connectivity index (χ3v) is 7.52. The van der Waals surface area contributed by atoms with Crippen LogP contribution in [-0.2, 0) is 17.6 Å². The van der Waals surface area contributed by atoms with Crippen LogP contribution in [0.1, 0.15) is 23.7 Å². The molecule has 0 saturated heterocycles. The number of hydrogen-bond donors (Lipinski definition) is 1. The number of amides is 1. The average Bonchev–Trinajstić information content (AvgIpc) is 3.32. The van der Waals surface area contributed by atoms with Gasteiger partial charge in [-0.25, -0.2) is 9.97 Å². The summed E-state index contributed by atoms with van der Waals surface area (Å²) >= 11 is 4.33. The number of carbonyl (C=O) groups excluding carboxylic acids is 1. The van der Waals surface area contributed by atoms with Crippen LogP contribution in [0.4, 0.5) is 5.13 Å². The van der Waals surface area contributed by atoms with Gasteiger partial charge in [0.2, 0.25) is 5.91 Å². The van der Waals surface area contributed by atoms with Gasteiger partial charge in [-0.15, -0.1) is 22.7 Å². The van der Waals surface area contributed by atoms with Crippen molar-refractivity contribution in [2.75, 3.05) is 5.32 Å². The highest BCUT2D eigenvalue weighted by Gasteiger charge is 2.16. The van der Waals surface area contributed by atoms with Gasteiger partial charge in [0, 0.05) is 36.0 Å². The second-order valence-corrected chi connectivity index (χ2v) is 9.66. The normalized spacial score (nSPS) is 11.2. The van der Waals surface area contributed by atoms with Crippen LogP contribution in [0.15, 0.2) is 38.9 Å².